The number of aromatic nitrogens is 1. The summed E-state index contributed by atoms with van der Waals surface area (Å²) >= 11 is 0. The van der Waals surface area contributed by atoms with E-state index in [1.165, 1.54) is 14.2 Å². The number of pyridine rings is 1. The van der Waals surface area contributed by atoms with E-state index in [0.29, 0.717) is 45.7 Å². The van der Waals surface area contributed by atoms with E-state index in [1.807, 2.05) is 51.1 Å². The number of hydrogen-bond donors (Lipinski definition) is 4. The van der Waals surface area contributed by atoms with Crippen LogP contribution < -0.4 is 40.2 Å². The van der Waals surface area contributed by atoms with Crippen molar-refractivity contribution in [3.05, 3.63) is 132 Å². The number of anilines is 3. The molecule has 56 heavy (non-hydrogen) atoms. The topological polar surface area (TPSA) is 165 Å². The number of hydrogen-bond acceptors (Lipinski definition) is 8. The van der Waals surface area contributed by atoms with Gasteiger partial charge in [0.15, 0.2) is 5.75 Å². The molecule has 0 fully saturated rings. The number of carbonyl (C=O) groups excluding carboxylic acids is 1. The molecule has 2 amide bonds. The highest BCUT2D eigenvalue weighted by Gasteiger charge is 2.28. The number of methoxy groups -OCH3 is 2. The third-order valence-corrected chi connectivity index (χ3v) is 11.5. The standard InChI is InChI=1S/C42H43N4O8PS/c1-42(2,3)28-24-35(40(53-5)36(25-28)46-56(6,50)51)45-41(47)44-34-17-18-37(33-15-11-10-14-32(33)34)54-30-20-21-43-29(26-30)22-27-16-19-39(38(23-27)52-4)55(48,49)31-12-8-7-9-13-31/h7-21,23-26,46H,22H2,1-6H3,(H,48,49)(H2,44,45,47). The van der Waals surface area contributed by atoms with Crippen LogP contribution in [-0.4, -0.2) is 44.8 Å². The Bertz CT molecular complexity index is 2580. The van der Waals surface area contributed by atoms with Gasteiger partial charge in [-0.3, -0.25) is 14.3 Å². The number of rotatable bonds is 12. The fourth-order valence-corrected chi connectivity index (χ4v) is 8.34. The van der Waals surface area contributed by atoms with Gasteiger partial charge in [0.2, 0.25) is 10.0 Å². The van der Waals surface area contributed by atoms with Crippen molar-refractivity contribution in [2.24, 2.45) is 0 Å². The summed E-state index contributed by atoms with van der Waals surface area (Å²) in [5, 5.41) is 7.74. The predicted octanol–water partition coefficient (Wildman–Crippen LogP) is 8.17. The maximum atomic E-state index is 13.5. The number of carbonyl (C=O) groups is 1. The predicted molar refractivity (Wildman–Crippen MR) is 222 cm³/mol. The quantitative estimate of drug-likeness (QED) is 0.0895. The van der Waals surface area contributed by atoms with Crippen LogP contribution in [0.25, 0.3) is 10.8 Å². The molecular weight excluding hydrogens is 752 g/mol. The first-order valence-electron chi connectivity index (χ1n) is 17.5. The molecule has 0 saturated heterocycles. The number of ether oxygens (including phenoxy) is 3. The Balaban J connectivity index is 1.22. The normalized spacial score (nSPS) is 12.7. The Morgan fingerprint density at radius 3 is 2.14 bits per heavy atom. The lowest BCUT2D eigenvalue weighted by molar-refractivity contribution is 0.262. The van der Waals surface area contributed by atoms with Crippen molar-refractivity contribution in [2.45, 2.75) is 32.6 Å². The molecular formula is C42H43N4O8PS. The van der Waals surface area contributed by atoms with Crippen LogP contribution in [0.4, 0.5) is 21.9 Å². The molecule has 5 aromatic carbocycles. The van der Waals surface area contributed by atoms with Gasteiger partial charge in [-0.1, -0.05) is 69.3 Å². The van der Waals surface area contributed by atoms with Crippen LogP contribution in [0.3, 0.4) is 0 Å². The van der Waals surface area contributed by atoms with Gasteiger partial charge in [-0.15, -0.1) is 0 Å². The third kappa shape index (κ3) is 9.14. The maximum Gasteiger partial charge on any atom is 0.323 e. The molecule has 290 valence electrons. The number of urea groups is 1. The van der Waals surface area contributed by atoms with Gasteiger partial charge in [0.25, 0.3) is 7.37 Å². The molecule has 1 heterocycles. The van der Waals surface area contributed by atoms with Crippen LogP contribution in [0.2, 0.25) is 0 Å². The molecule has 12 nitrogen and oxygen atoms in total. The van der Waals surface area contributed by atoms with Crippen LogP contribution in [0.1, 0.15) is 37.6 Å². The van der Waals surface area contributed by atoms with Gasteiger partial charge in [-0.2, -0.15) is 0 Å². The van der Waals surface area contributed by atoms with E-state index in [-0.39, 0.29) is 27.8 Å². The van der Waals surface area contributed by atoms with Gasteiger partial charge in [-0.25, -0.2) is 13.2 Å². The summed E-state index contributed by atoms with van der Waals surface area (Å²) < 4.78 is 57.7. The third-order valence-electron chi connectivity index (χ3n) is 8.91. The van der Waals surface area contributed by atoms with Gasteiger partial charge in [-0.05, 0) is 71.1 Å². The van der Waals surface area contributed by atoms with E-state index in [4.69, 9.17) is 14.2 Å². The Kier molecular flexibility index (Phi) is 11.4. The molecule has 0 radical (unpaired) electrons. The van der Waals surface area contributed by atoms with E-state index >= 15 is 0 Å². The average Bonchev–Trinajstić information content (AvgIpc) is 3.15. The molecule has 1 atom stereocenters. The lowest BCUT2D eigenvalue weighted by Gasteiger charge is -2.24. The van der Waals surface area contributed by atoms with Crippen molar-refractivity contribution in [1.82, 2.24) is 4.98 Å². The van der Waals surface area contributed by atoms with E-state index < -0.39 is 23.4 Å². The molecule has 6 aromatic rings. The maximum absolute atomic E-state index is 13.5. The highest BCUT2D eigenvalue weighted by Crippen LogP contribution is 2.42. The molecule has 0 spiro atoms. The summed E-state index contributed by atoms with van der Waals surface area (Å²) in [6.07, 6.45) is 3.10. The van der Waals surface area contributed by atoms with Crippen molar-refractivity contribution < 1.29 is 36.9 Å². The minimum Gasteiger partial charge on any atom is -0.496 e. The van der Waals surface area contributed by atoms with Gasteiger partial charge in [0.05, 0.1) is 42.8 Å². The molecule has 0 aliphatic carbocycles. The average molecular weight is 795 g/mol. The van der Waals surface area contributed by atoms with E-state index in [0.717, 1.165) is 22.8 Å². The first-order chi connectivity index (χ1) is 26.6. The van der Waals surface area contributed by atoms with Gasteiger partial charge < -0.3 is 29.7 Å². The smallest absolute Gasteiger partial charge is 0.323 e. The zero-order valence-corrected chi connectivity index (χ0v) is 33.5. The van der Waals surface area contributed by atoms with E-state index in [9.17, 15) is 22.7 Å². The largest absolute Gasteiger partial charge is 0.496 e. The zero-order chi connectivity index (χ0) is 40.3. The molecule has 4 N–H and O–H groups in total. The van der Waals surface area contributed by atoms with E-state index in [2.05, 4.69) is 20.3 Å². The molecule has 6 rings (SSSR count). The lowest BCUT2D eigenvalue weighted by atomic mass is 9.86. The van der Waals surface area contributed by atoms with E-state index in [1.54, 1.807) is 85.1 Å². The van der Waals surface area contributed by atoms with Crippen LogP contribution in [0, 0.1) is 0 Å². The number of amides is 2. The summed E-state index contributed by atoms with van der Waals surface area (Å²) in [7, 11) is -4.65. The van der Waals surface area contributed by atoms with Crippen molar-refractivity contribution >= 4 is 61.9 Å². The molecule has 0 saturated carbocycles. The van der Waals surface area contributed by atoms with Gasteiger partial charge in [0, 0.05) is 40.5 Å². The Morgan fingerprint density at radius 2 is 1.46 bits per heavy atom. The molecule has 0 bridgehead atoms. The first-order valence-corrected chi connectivity index (χ1v) is 21.1. The van der Waals surface area contributed by atoms with Crippen molar-refractivity contribution in [3.8, 4) is 23.0 Å². The second-order valence-electron chi connectivity index (χ2n) is 14.1. The fraction of sp³-hybridized carbons (Fsp3) is 0.190. The summed E-state index contributed by atoms with van der Waals surface area (Å²) in [4.78, 5) is 29.0. The van der Waals surface area contributed by atoms with Crippen LogP contribution in [0.15, 0.2) is 115 Å². The first kappa shape index (κ1) is 39.8. The number of benzene rings is 5. The summed E-state index contributed by atoms with van der Waals surface area (Å²) in [6, 6.07) is 31.1. The van der Waals surface area contributed by atoms with Crippen LogP contribution >= 0.6 is 7.37 Å². The lowest BCUT2D eigenvalue weighted by Crippen LogP contribution is -2.22. The molecule has 0 aliphatic rings. The van der Waals surface area contributed by atoms with Crippen LogP contribution in [-0.2, 0) is 26.4 Å². The number of nitrogens with one attached hydrogen (secondary N) is 3. The highest BCUT2D eigenvalue weighted by atomic mass is 32.2. The van der Waals surface area contributed by atoms with Crippen LogP contribution in [0.5, 0.6) is 23.0 Å². The number of nitrogens with zero attached hydrogens (tertiary/aromatic N) is 1. The fourth-order valence-electron chi connectivity index (χ4n) is 6.20. The van der Waals surface area contributed by atoms with Crippen molar-refractivity contribution in [2.75, 3.05) is 35.8 Å². The minimum atomic E-state index is -3.88. The number of sulfonamides is 1. The van der Waals surface area contributed by atoms with Gasteiger partial charge >= 0.3 is 6.03 Å². The minimum absolute atomic E-state index is 0.166. The molecule has 1 unspecified atom stereocenters. The molecule has 0 aliphatic heterocycles. The van der Waals surface area contributed by atoms with Crippen molar-refractivity contribution in [1.29, 1.82) is 0 Å². The number of fused-ring (bicyclic) bond motifs is 1. The second kappa shape index (κ2) is 16.1. The Labute approximate surface area is 326 Å². The highest BCUT2D eigenvalue weighted by molar-refractivity contribution is 7.92. The SMILES string of the molecule is COc1cc(Cc2cc(Oc3ccc(NC(=O)Nc4cc(C(C)(C)C)cc(NS(C)(=O)=O)c4OC)c4ccccc34)ccn2)ccc1P(=O)(O)c1ccccc1. The molecule has 1 aromatic heterocycles. The summed E-state index contributed by atoms with van der Waals surface area (Å²) in [5.74, 6) is 1.56. The molecule has 14 heteroatoms. The second-order valence-corrected chi connectivity index (χ2v) is 18.0. The Hall–Kier alpha value is -5.88. The summed E-state index contributed by atoms with van der Waals surface area (Å²) in [5.41, 5.74) is 2.94. The summed E-state index contributed by atoms with van der Waals surface area (Å²) in [6.45, 7) is 5.94. The zero-order valence-electron chi connectivity index (χ0n) is 31.8. The van der Waals surface area contributed by atoms with Crippen molar-refractivity contribution in [3.63, 3.8) is 0 Å². The Morgan fingerprint density at radius 1 is 0.786 bits per heavy atom. The monoisotopic (exact) mass is 794 g/mol. The van der Waals surface area contributed by atoms with Gasteiger partial charge in [0.1, 0.15) is 17.2 Å².